The second-order valence-electron chi connectivity index (χ2n) is 7.15. The van der Waals surface area contributed by atoms with Crippen molar-refractivity contribution in [2.75, 3.05) is 55.6 Å². The Morgan fingerprint density at radius 2 is 1.85 bits per heavy atom. The van der Waals surface area contributed by atoms with Crippen LogP contribution in [0.4, 0.5) is 11.9 Å². The fourth-order valence-electron chi connectivity index (χ4n) is 4.46. The molecule has 1 aromatic rings. The molecule has 4 rings (SSSR count). The Morgan fingerprint density at radius 3 is 2.58 bits per heavy atom. The van der Waals surface area contributed by atoms with Gasteiger partial charge in [0.05, 0.1) is 12.1 Å². The summed E-state index contributed by atoms with van der Waals surface area (Å²) in [6.07, 6.45) is 4.96. The van der Waals surface area contributed by atoms with Crippen LogP contribution in [0.5, 0.6) is 0 Å². The number of anilines is 2. The SMILES string of the molecule is C=CC(=O)N1CCC2C1CCN2c1ncnc(N2CCN(CC)CC2)n1. The molecule has 3 fully saturated rings. The van der Waals surface area contributed by atoms with Crippen molar-refractivity contribution < 1.29 is 4.79 Å². The summed E-state index contributed by atoms with van der Waals surface area (Å²) in [4.78, 5) is 34.6. The molecule has 3 aliphatic heterocycles. The average molecular weight is 357 g/mol. The number of rotatable bonds is 4. The summed E-state index contributed by atoms with van der Waals surface area (Å²) in [6.45, 7) is 12.6. The number of piperazine rings is 1. The van der Waals surface area contributed by atoms with Crippen LogP contribution in [-0.2, 0) is 4.79 Å². The molecule has 0 saturated carbocycles. The van der Waals surface area contributed by atoms with Gasteiger partial charge in [-0.05, 0) is 25.5 Å². The molecular formula is C18H27N7O. The molecular weight excluding hydrogens is 330 g/mol. The highest BCUT2D eigenvalue weighted by molar-refractivity contribution is 5.87. The van der Waals surface area contributed by atoms with Gasteiger partial charge in [-0.25, -0.2) is 9.97 Å². The lowest BCUT2D eigenvalue weighted by Crippen LogP contribution is -2.47. The van der Waals surface area contributed by atoms with E-state index in [-0.39, 0.29) is 11.9 Å². The number of amides is 1. The number of carbonyl (C=O) groups is 1. The smallest absolute Gasteiger partial charge is 0.246 e. The predicted octanol–water partition coefficient (Wildman–Crippen LogP) is 0.379. The van der Waals surface area contributed by atoms with Crippen molar-refractivity contribution >= 4 is 17.8 Å². The van der Waals surface area contributed by atoms with Crippen LogP contribution >= 0.6 is 0 Å². The Morgan fingerprint density at radius 1 is 1.12 bits per heavy atom. The molecule has 1 aromatic heterocycles. The van der Waals surface area contributed by atoms with Crippen molar-refractivity contribution in [3.63, 3.8) is 0 Å². The average Bonchev–Trinajstić information content (AvgIpc) is 3.29. The van der Waals surface area contributed by atoms with E-state index in [0.29, 0.717) is 6.04 Å². The van der Waals surface area contributed by atoms with E-state index in [9.17, 15) is 4.79 Å². The molecule has 2 atom stereocenters. The third-order valence-electron chi connectivity index (χ3n) is 5.94. The highest BCUT2D eigenvalue weighted by Gasteiger charge is 2.44. The van der Waals surface area contributed by atoms with E-state index in [0.717, 1.165) is 70.6 Å². The molecule has 26 heavy (non-hydrogen) atoms. The molecule has 0 spiro atoms. The van der Waals surface area contributed by atoms with E-state index in [2.05, 4.69) is 38.2 Å². The summed E-state index contributed by atoms with van der Waals surface area (Å²) in [5.74, 6) is 1.55. The van der Waals surface area contributed by atoms with Gasteiger partial charge in [-0.15, -0.1) is 0 Å². The lowest BCUT2D eigenvalue weighted by molar-refractivity contribution is -0.126. The van der Waals surface area contributed by atoms with Gasteiger partial charge in [0.15, 0.2) is 0 Å². The fourth-order valence-corrected chi connectivity index (χ4v) is 4.46. The highest BCUT2D eigenvalue weighted by atomic mass is 16.2. The molecule has 0 N–H and O–H groups in total. The van der Waals surface area contributed by atoms with Gasteiger partial charge in [0.2, 0.25) is 17.8 Å². The fraction of sp³-hybridized carbons (Fsp3) is 0.667. The standard InChI is InChI=1S/C18H27N7O/c1-3-16(26)24-7-5-15-14(24)6-8-25(15)18-20-13-19-17(21-18)23-11-9-22(4-2)10-12-23/h3,13-15H,1,4-12H2,2H3. The molecule has 2 unspecified atom stereocenters. The van der Waals surface area contributed by atoms with E-state index >= 15 is 0 Å². The van der Waals surface area contributed by atoms with Crippen LogP contribution in [0.25, 0.3) is 0 Å². The van der Waals surface area contributed by atoms with E-state index in [1.807, 2.05) is 4.90 Å². The molecule has 3 aliphatic rings. The first-order valence-corrected chi connectivity index (χ1v) is 9.57. The van der Waals surface area contributed by atoms with Crippen molar-refractivity contribution in [1.29, 1.82) is 0 Å². The van der Waals surface area contributed by atoms with Crippen LogP contribution < -0.4 is 9.80 Å². The van der Waals surface area contributed by atoms with Gasteiger partial charge in [0, 0.05) is 39.3 Å². The summed E-state index contributed by atoms with van der Waals surface area (Å²) in [6, 6.07) is 0.542. The van der Waals surface area contributed by atoms with Gasteiger partial charge in [-0.3, -0.25) is 4.79 Å². The van der Waals surface area contributed by atoms with Crippen LogP contribution in [0.15, 0.2) is 19.0 Å². The zero-order chi connectivity index (χ0) is 18.1. The first kappa shape index (κ1) is 17.2. The number of carbonyl (C=O) groups excluding carboxylic acids is 1. The normalized spacial score (nSPS) is 26.3. The van der Waals surface area contributed by atoms with Gasteiger partial charge in [-0.2, -0.15) is 4.98 Å². The van der Waals surface area contributed by atoms with E-state index in [1.54, 1.807) is 6.33 Å². The number of aromatic nitrogens is 3. The third-order valence-corrected chi connectivity index (χ3v) is 5.94. The number of hydrogen-bond donors (Lipinski definition) is 0. The van der Waals surface area contributed by atoms with Gasteiger partial charge < -0.3 is 19.6 Å². The second kappa shape index (κ2) is 7.19. The van der Waals surface area contributed by atoms with Gasteiger partial charge >= 0.3 is 0 Å². The van der Waals surface area contributed by atoms with Crippen molar-refractivity contribution in [2.24, 2.45) is 0 Å². The van der Waals surface area contributed by atoms with E-state index in [1.165, 1.54) is 6.08 Å². The number of fused-ring (bicyclic) bond motifs is 1. The van der Waals surface area contributed by atoms with Crippen LogP contribution in [0.2, 0.25) is 0 Å². The maximum atomic E-state index is 12.0. The summed E-state index contributed by atoms with van der Waals surface area (Å²) in [5, 5.41) is 0. The molecule has 0 aromatic carbocycles. The van der Waals surface area contributed by atoms with Gasteiger partial charge in [0.1, 0.15) is 6.33 Å². The highest BCUT2D eigenvalue weighted by Crippen LogP contribution is 2.34. The Bertz CT molecular complexity index is 673. The Hall–Kier alpha value is -2.22. The van der Waals surface area contributed by atoms with E-state index in [4.69, 9.17) is 4.98 Å². The molecule has 4 heterocycles. The Balaban J connectivity index is 1.48. The quantitative estimate of drug-likeness (QED) is 0.722. The molecule has 3 saturated heterocycles. The molecule has 8 nitrogen and oxygen atoms in total. The minimum absolute atomic E-state index is 0.0319. The van der Waals surface area contributed by atoms with Crippen molar-refractivity contribution in [1.82, 2.24) is 24.8 Å². The maximum absolute atomic E-state index is 12.0. The number of likely N-dealkylation sites (N-methyl/N-ethyl adjacent to an activating group) is 1. The molecule has 140 valence electrons. The largest absolute Gasteiger partial charge is 0.338 e. The van der Waals surface area contributed by atoms with Crippen molar-refractivity contribution in [2.45, 2.75) is 31.8 Å². The Labute approximate surface area is 154 Å². The molecule has 1 amide bonds. The molecule has 0 radical (unpaired) electrons. The minimum Gasteiger partial charge on any atom is -0.338 e. The summed E-state index contributed by atoms with van der Waals surface area (Å²) in [5.41, 5.74) is 0. The number of nitrogens with zero attached hydrogens (tertiary/aromatic N) is 7. The lowest BCUT2D eigenvalue weighted by Gasteiger charge is -2.34. The van der Waals surface area contributed by atoms with Crippen molar-refractivity contribution in [3.05, 3.63) is 19.0 Å². The monoisotopic (exact) mass is 357 g/mol. The maximum Gasteiger partial charge on any atom is 0.246 e. The molecule has 0 bridgehead atoms. The predicted molar refractivity (Wildman–Crippen MR) is 100 cm³/mol. The van der Waals surface area contributed by atoms with Crippen molar-refractivity contribution in [3.8, 4) is 0 Å². The van der Waals surface area contributed by atoms with Gasteiger partial charge in [0.25, 0.3) is 0 Å². The summed E-state index contributed by atoms with van der Waals surface area (Å²) < 4.78 is 0. The molecule has 8 heteroatoms. The van der Waals surface area contributed by atoms with E-state index < -0.39 is 0 Å². The van der Waals surface area contributed by atoms with Crippen LogP contribution in [0.1, 0.15) is 19.8 Å². The number of hydrogen-bond acceptors (Lipinski definition) is 7. The van der Waals surface area contributed by atoms with Crippen LogP contribution in [0.3, 0.4) is 0 Å². The minimum atomic E-state index is 0.0319. The van der Waals surface area contributed by atoms with Crippen LogP contribution in [-0.4, -0.2) is 88.6 Å². The number of likely N-dealkylation sites (tertiary alicyclic amines) is 1. The van der Waals surface area contributed by atoms with Crippen LogP contribution in [0, 0.1) is 0 Å². The summed E-state index contributed by atoms with van der Waals surface area (Å²) >= 11 is 0. The zero-order valence-electron chi connectivity index (χ0n) is 15.4. The summed E-state index contributed by atoms with van der Waals surface area (Å²) in [7, 11) is 0. The Kier molecular flexibility index (Phi) is 4.76. The zero-order valence-corrected chi connectivity index (χ0v) is 15.4. The third kappa shape index (κ3) is 3.02. The molecule has 0 aliphatic carbocycles. The topological polar surface area (TPSA) is 68.7 Å². The van der Waals surface area contributed by atoms with Gasteiger partial charge in [-0.1, -0.05) is 13.5 Å². The lowest BCUT2D eigenvalue weighted by atomic mass is 10.1. The first-order chi connectivity index (χ1) is 12.7. The second-order valence-corrected chi connectivity index (χ2v) is 7.15. The first-order valence-electron chi connectivity index (χ1n) is 9.57.